The summed E-state index contributed by atoms with van der Waals surface area (Å²) in [7, 11) is 0. The second-order valence-electron chi connectivity index (χ2n) is 9.65. The van der Waals surface area contributed by atoms with Crippen molar-refractivity contribution in [3.05, 3.63) is 59.7 Å². The molecule has 0 bridgehead atoms. The molecule has 35 heavy (non-hydrogen) atoms. The summed E-state index contributed by atoms with van der Waals surface area (Å²) < 4.78 is 5.64. The van der Waals surface area contributed by atoms with Crippen molar-refractivity contribution < 1.29 is 24.2 Å². The summed E-state index contributed by atoms with van der Waals surface area (Å²) in [5, 5.41) is 12.4. The molecular weight excluding hydrogens is 464 g/mol. The molecule has 2 aromatic carbocycles. The maximum absolute atomic E-state index is 13.3. The predicted molar refractivity (Wildman–Crippen MR) is 136 cm³/mol. The number of hydrogen-bond donors (Lipinski definition) is 2. The van der Waals surface area contributed by atoms with Gasteiger partial charge in [-0.05, 0) is 53.5 Å². The molecule has 2 aromatic rings. The molecule has 4 rings (SSSR count). The molecule has 1 aliphatic heterocycles. The van der Waals surface area contributed by atoms with Gasteiger partial charge in [0.05, 0.1) is 5.41 Å². The Balaban J connectivity index is 1.43. The fourth-order valence-electron chi connectivity index (χ4n) is 5.09. The largest absolute Gasteiger partial charge is 0.481 e. The van der Waals surface area contributed by atoms with E-state index in [2.05, 4.69) is 29.6 Å². The number of carbonyl (C=O) groups is 3. The lowest BCUT2D eigenvalue weighted by Gasteiger charge is -2.26. The molecule has 2 amide bonds. The van der Waals surface area contributed by atoms with Gasteiger partial charge in [-0.15, -0.1) is 0 Å². The number of ether oxygens (including phenoxy) is 1. The van der Waals surface area contributed by atoms with Gasteiger partial charge in [-0.1, -0.05) is 55.5 Å². The Morgan fingerprint density at radius 1 is 1.14 bits per heavy atom. The molecule has 0 radical (unpaired) electrons. The second kappa shape index (κ2) is 10.3. The summed E-state index contributed by atoms with van der Waals surface area (Å²) in [4.78, 5) is 39.4. The number of amides is 2. The lowest BCUT2D eigenvalue weighted by molar-refractivity contribution is -0.149. The van der Waals surface area contributed by atoms with Gasteiger partial charge in [0.1, 0.15) is 12.6 Å². The van der Waals surface area contributed by atoms with E-state index in [1.807, 2.05) is 37.4 Å². The zero-order valence-corrected chi connectivity index (χ0v) is 21.1. The highest BCUT2D eigenvalue weighted by molar-refractivity contribution is 7.98. The van der Waals surface area contributed by atoms with Crippen LogP contribution in [0.1, 0.15) is 37.3 Å². The van der Waals surface area contributed by atoms with Crippen LogP contribution in [0.2, 0.25) is 0 Å². The van der Waals surface area contributed by atoms with Crippen molar-refractivity contribution in [2.45, 2.75) is 32.2 Å². The summed E-state index contributed by atoms with van der Waals surface area (Å²) >= 11 is 1.58. The third-order valence-corrected chi connectivity index (χ3v) is 8.09. The van der Waals surface area contributed by atoms with Crippen LogP contribution in [0.5, 0.6) is 0 Å². The molecule has 1 aliphatic carbocycles. The van der Waals surface area contributed by atoms with E-state index in [1.54, 1.807) is 23.6 Å². The highest BCUT2D eigenvalue weighted by atomic mass is 32.2. The van der Waals surface area contributed by atoms with Gasteiger partial charge >= 0.3 is 12.1 Å². The zero-order chi connectivity index (χ0) is 25.2. The van der Waals surface area contributed by atoms with Crippen LogP contribution >= 0.6 is 11.8 Å². The number of hydrogen-bond acceptors (Lipinski definition) is 5. The van der Waals surface area contributed by atoms with Gasteiger partial charge in [-0.2, -0.15) is 11.8 Å². The lowest BCUT2D eigenvalue weighted by atomic mass is 9.81. The van der Waals surface area contributed by atoms with Crippen LogP contribution in [-0.4, -0.2) is 65.7 Å². The maximum Gasteiger partial charge on any atom is 0.407 e. The number of rotatable bonds is 8. The maximum atomic E-state index is 13.3. The number of alkyl carbamates (subject to hydrolysis) is 1. The van der Waals surface area contributed by atoms with Crippen molar-refractivity contribution in [3.63, 3.8) is 0 Å². The first-order chi connectivity index (χ1) is 16.8. The van der Waals surface area contributed by atoms with E-state index < -0.39 is 23.5 Å². The van der Waals surface area contributed by atoms with Crippen molar-refractivity contribution in [1.82, 2.24) is 10.2 Å². The number of likely N-dealkylation sites (tertiary alicyclic amines) is 1. The molecule has 1 heterocycles. The average molecular weight is 497 g/mol. The fourth-order valence-corrected chi connectivity index (χ4v) is 5.56. The van der Waals surface area contributed by atoms with E-state index >= 15 is 0 Å². The van der Waals surface area contributed by atoms with Crippen LogP contribution in [0.25, 0.3) is 11.1 Å². The predicted octanol–water partition coefficient (Wildman–Crippen LogP) is 4.22. The molecule has 2 N–H and O–H groups in total. The Bertz CT molecular complexity index is 1080. The Labute approximate surface area is 210 Å². The van der Waals surface area contributed by atoms with Crippen molar-refractivity contribution in [2.24, 2.45) is 11.3 Å². The summed E-state index contributed by atoms with van der Waals surface area (Å²) in [6.07, 6.45) is 1.74. The minimum atomic E-state index is -0.997. The minimum Gasteiger partial charge on any atom is -0.481 e. The van der Waals surface area contributed by atoms with Crippen LogP contribution in [0.3, 0.4) is 0 Å². The first kappa shape index (κ1) is 25.1. The number of benzene rings is 2. The van der Waals surface area contributed by atoms with Crippen LogP contribution in [0, 0.1) is 11.3 Å². The summed E-state index contributed by atoms with van der Waals surface area (Å²) in [6, 6.07) is 15.5. The molecule has 0 aromatic heterocycles. The molecule has 1 saturated heterocycles. The Morgan fingerprint density at radius 3 is 2.29 bits per heavy atom. The summed E-state index contributed by atoms with van der Waals surface area (Å²) in [6.45, 7) is 4.16. The smallest absolute Gasteiger partial charge is 0.407 e. The normalized spacial score (nSPS) is 21.8. The number of carboxylic acids is 1. The number of fused-ring (bicyclic) bond motifs is 3. The van der Waals surface area contributed by atoms with Gasteiger partial charge in [-0.3, -0.25) is 9.59 Å². The first-order valence-electron chi connectivity index (χ1n) is 11.9. The SMILES string of the molecule is CSCC[C@H](NC(=O)OCC1c2ccccc2-c2ccccc21)C(=O)N1C[C@H](C)[C@@](C)(C(=O)O)C1. The zero-order valence-electron chi connectivity index (χ0n) is 20.3. The number of aliphatic carboxylic acids is 1. The van der Waals surface area contributed by atoms with Crippen molar-refractivity contribution >= 4 is 29.7 Å². The van der Waals surface area contributed by atoms with E-state index in [1.165, 1.54) is 0 Å². The van der Waals surface area contributed by atoms with Crippen LogP contribution in [0.4, 0.5) is 4.79 Å². The van der Waals surface area contributed by atoms with Gasteiger partial charge in [0.2, 0.25) is 5.91 Å². The third kappa shape index (κ3) is 4.89. The van der Waals surface area contributed by atoms with E-state index in [-0.39, 0.29) is 30.9 Å². The Morgan fingerprint density at radius 2 is 1.74 bits per heavy atom. The average Bonchev–Trinajstić information content (AvgIpc) is 3.34. The number of nitrogens with one attached hydrogen (secondary N) is 1. The Hall–Kier alpha value is -3.00. The van der Waals surface area contributed by atoms with Crippen molar-refractivity contribution in [3.8, 4) is 11.1 Å². The van der Waals surface area contributed by atoms with Gasteiger partial charge < -0.3 is 20.1 Å². The molecule has 1 fully saturated rings. The van der Waals surface area contributed by atoms with E-state index in [9.17, 15) is 19.5 Å². The molecule has 186 valence electrons. The van der Waals surface area contributed by atoms with E-state index in [0.29, 0.717) is 18.7 Å². The fraction of sp³-hybridized carbons (Fsp3) is 0.444. The van der Waals surface area contributed by atoms with Crippen LogP contribution in [-0.2, 0) is 14.3 Å². The molecule has 7 nitrogen and oxygen atoms in total. The molecule has 0 unspecified atom stereocenters. The molecule has 0 saturated carbocycles. The number of carbonyl (C=O) groups excluding carboxylic acids is 2. The Kier molecular flexibility index (Phi) is 7.40. The van der Waals surface area contributed by atoms with Crippen molar-refractivity contribution in [2.75, 3.05) is 31.7 Å². The summed E-state index contributed by atoms with van der Waals surface area (Å²) in [5.74, 6) is -0.738. The van der Waals surface area contributed by atoms with Gasteiger partial charge in [0.15, 0.2) is 0 Å². The first-order valence-corrected chi connectivity index (χ1v) is 13.3. The van der Waals surface area contributed by atoms with Gasteiger partial charge in [-0.25, -0.2) is 4.79 Å². The lowest BCUT2D eigenvalue weighted by Crippen LogP contribution is -2.49. The highest BCUT2D eigenvalue weighted by Crippen LogP contribution is 2.44. The summed E-state index contributed by atoms with van der Waals surface area (Å²) in [5.41, 5.74) is 3.54. The number of carboxylic acid groups (broad SMARTS) is 1. The van der Waals surface area contributed by atoms with Gasteiger partial charge in [0.25, 0.3) is 0 Å². The molecule has 2 aliphatic rings. The molecule has 3 atom stereocenters. The molecular formula is C27H32N2O5S. The molecule has 8 heteroatoms. The topological polar surface area (TPSA) is 95.9 Å². The monoisotopic (exact) mass is 496 g/mol. The third-order valence-electron chi connectivity index (χ3n) is 7.45. The standard InChI is InChI=1S/C27H32N2O5S/c1-17-14-29(16-27(17,2)25(31)32)24(30)23(12-13-35-3)28-26(33)34-15-22-20-10-6-4-8-18(20)19-9-5-7-11-21(19)22/h4-11,17,22-23H,12-16H2,1-3H3,(H,28,33)(H,31,32)/t17-,23-,27-/m0/s1. The van der Waals surface area contributed by atoms with Crippen LogP contribution in [0.15, 0.2) is 48.5 Å². The number of nitrogens with zero attached hydrogens (tertiary/aromatic N) is 1. The minimum absolute atomic E-state index is 0.0656. The quantitative estimate of drug-likeness (QED) is 0.568. The van der Waals surface area contributed by atoms with Crippen LogP contribution < -0.4 is 5.32 Å². The second-order valence-corrected chi connectivity index (χ2v) is 10.6. The highest BCUT2D eigenvalue weighted by Gasteiger charge is 2.48. The van der Waals surface area contributed by atoms with Crippen molar-refractivity contribution in [1.29, 1.82) is 0 Å². The number of thioether (sulfide) groups is 1. The molecule has 0 spiro atoms. The van der Waals surface area contributed by atoms with Gasteiger partial charge in [0, 0.05) is 19.0 Å². The van der Waals surface area contributed by atoms with E-state index in [0.717, 1.165) is 22.3 Å². The van der Waals surface area contributed by atoms with E-state index in [4.69, 9.17) is 4.74 Å².